The van der Waals surface area contributed by atoms with Crippen LogP contribution in [0.25, 0.3) is 0 Å². The van der Waals surface area contributed by atoms with Crippen molar-refractivity contribution >= 4 is 5.82 Å². The minimum Gasteiger partial charge on any atom is -0.381 e. The molecule has 2 aliphatic rings. The largest absolute Gasteiger partial charge is 0.381 e. The summed E-state index contributed by atoms with van der Waals surface area (Å²) in [6.07, 6.45) is 3.86. The van der Waals surface area contributed by atoms with Crippen molar-refractivity contribution in [2.24, 2.45) is 0 Å². The molecule has 0 radical (unpaired) electrons. The Morgan fingerprint density at radius 1 is 1.28 bits per heavy atom. The van der Waals surface area contributed by atoms with Gasteiger partial charge in [-0.3, -0.25) is 0 Å². The molecule has 98 valence electrons. The molecule has 0 unspecified atom stereocenters. The van der Waals surface area contributed by atoms with E-state index in [2.05, 4.69) is 26.3 Å². The average molecular weight is 248 g/mol. The van der Waals surface area contributed by atoms with Crippen LogP contribution in [0.3, 0.4) is 0 Å². The van der Waals surface area contributed by atoms with Gasteiger partial charge >= 0.3 is 0 Å². The van der Waals surface area contributed by atoms with Gasteiger partial charge in [-0.2, -0.15) is 0 Å². The molecule has 0 saturated carbocycles. The Bertz CT molecular complexity index is 400. The summed E-state index contributed by atoms with van der Waals surface area (Å²) < 4.78 is 5.40. The van der Waals surface area contributed by atoms with Crippen molar-refractivity contribution < 1.29 is 4.74 Å². The third-order valence-corrected chi connectivity index (χ3v) is 3.93. The summed E-state index contributed by atoms with van der Waals surface area (Å²) >= 11 is 0. The lowest BCUT2D eigenvalue weighted by atomic mass is 9.96. The maximum atomic E-state index is 5.40. The first-order valence-corrected chi connectivity index (χ1v) is 6.68. The standard InChI is InChI=1S/C13H20N4O/c1-14-11-7-17(8-11)13-6-12(15-9-16-13)10-2-4-18-5-3-10/h6,9-11,14H,2-5,7-8H2,1H3. The lowest BCUT2D eigenvalue weighted by Crippen LogP contribution is -2.57. The molecule has 1 aromatic rings. The molecule has 2 saturated heterocycles. The smallest absolute Gasteiger partial charge is 0.132 e. The highest BCUT2D eigenvalue weighted by molar-refractivity contribution is 5.43. The molecule has 3 heterocycles. The van der Waals surface area contributed by atoms with Crippen molar-refractivity contribution in [2.45, 2.75) is 24.8 Å². The Labute approximate surface area is 108 Å². The molecule has 5 heteroatoms. The zero-order chi connectivity index (χ0) is 12.4. The van der Waals surface area contributed by atoms with Gasteiger partial charge < -0.3 is 15.0 Å². The first kappa shape index (κ1) is 11.9. The van der Waals surface area contributed by atoms with Crippen LogP contribution in [0, 0.1) is 0 Å². The van der Waals surface area contributed by atoms with Crippen molar-refractivity contribution in [3.8, 4) is 0 Å². The van der Waals surface area contributed by atoms with Gasteiger partial charge in [-0.1, -0.05) is 0 Å². The maximum absolute atomic E-state index is 5.40. The molecule has 2 aliphatic heterocycles. The molecule has 0 aliphatic carbocycles. The number of rotatable bonds is 3. The van der Waals surface area contributed by atoms with Crippen molar-refractivity contribution in [3.05, 3.63) is 18.1 Å². The minimum atomic E-state index is 0.543. The van der Waals surface area contributed by atoms with Gasteiger partial charge in [-0.15, -0.1) is 0 Å². The van der Waals surface area contributed by atoms with Crippen LogP contribution in [-0.4, -0.2) is 49.4 Å². The molecular formula is C13H20N4O. The number of hydrogen-bond acceptors (Lipinski definition) is 5. The summed E-state index contributed by atoms with van der Waals surface area (Å²) in [5.41, 5.74) is 1.18. The third kappa shape index (κ3) is 2.33. The zero-order valence-electron chi connectivity index (χ0n) is 10.8. The highest BCUT2D eigenvalue weighted by Gasteiger charge is 2.27. The molecule has 0 amide bonds. The van der Waals surface area contributed by atoms with E-state index in [9.17, 15) is 0 Å². The quantitative estimate of drug-likeness (QED) is 0.856. The fraction of sp³-hybridized carbons (Fsp3) is 0.692. The summed E-state index contributed by atoms with van der Waals surface area (Å²) in [6.45, 7) is 3.80. The van der Waals surface area contributed by atoms with Crippen molar-refractivity contribution in [2.75, 3.05) is 38.3 Å². The van der Waals surface area contributed by atoms with Crippen molar-refractivity contribution in [3.63, 3.8) is 0 Å². The first-order valence-electron chi connectivity index (χ1n) is 6.68. The Kier molecular flexibility index (Phi) is 3.43. The molecule has 0 spiro atoms. The second kappa shape index (κ2) is 5.20. The number of anilines is 1. The van der Waals surface area contributed by atoms with Gasteiger partial charge in [0.25, 0.3) is 0 Å². The summed E-state index contributed by atoms with van der Waals surface area (Å²) in [6, 6.07) is 2.76. The summed E-state index contributed by atoms with van der Waals surface area (Å²) in [5.74, 6) is 1.61. The van der Waals surface area contributed by atoms with Crippen LogP contribution in [0.5, 0.6) is 0 Å². The van der Waals surface area contributed by atoms with Crippen molar-refractivity contribution in [1.29, 1.82) is 0 Å². The van der Waals surface area contributed by atoms with E-state index < -0.39 is 0 Å². The van der Waals surface area contributed by atoms with E-state index in [1.54, 1.807) is 6.33 Å². The van der Waals surface area contributed by atoms with E-state index in [0.29, 0.717) is 12.0 Å². The average Bonchev–Trinajstić information content (AvgIpc) is 2.39. The summed E-state index contributed by atoms with van der Waals surface area (Å²) in [7, 11) is 2.01. The molecule has 5 nitrogen and oxygen atoms in total. The number of ether oxygens (including phenoxy) is 1. The van der Waals surface area contributed by atoms with E-state index in [0.717, 1.165) is 45.0 Å². The second-order valence-corrected chi connectivity index (χ2v) is 5.08. The predicted molar refractivity (Wildman–Crippen MR) is 69.9 cm³/mol. The van der Waals surface area contributed by atoms with Crippen LogP contribution in [0.2, 0.25) is 0 Å². The SMILES string of the molecule is CNC1CN(c2cc(C3CCOCC3)ncn2)C1. The lowest BCUT2D eigenvalue weighted by molar-refractivity contribution is 0.0845. The highest BCUT2D eigenvalue weighted by atomic mass is 16.5. The van der Waals surface area contributed by atoms with E-state index in [-0.39, 0.29) is 0 Å². The van der Waals surface area contributed by atoms with Gasteiger partial charge in [0.2, 0.25) is 0 Å². The number of aromatic nitrogens is 2. The van der Waals surface area contributed by atoms with Crippen LogP contribution in [0.1, 0.15) is 24.5 Å². The zero-order valence-corrected chi connectivity index (χ0v) is 10.8. The molecule has 0 aromatic carbocycles. The number of hydrogen-bond donors (Lipinski definition) is 1. The van der Waals surface area contributed by atoms with Gasteiger partial charge in [-0.25, -0.2) is 9.97 Å². The van der Waals surface area contributed by atoms with Crippen molar-refractivity contribution in [1.82, 2.24) is 15.3 Å². The number of nitrogens with zero attached hydrogens (tertiary/aromatic N) is 3. The number of nitrogens with one attached hydrogen (secondary N) is 1. The predicted octanol–water partition coefficient (Wildman–Crippen LogP) is 0.779. The fourth-order valence-electron chi connectivity index (χ4n) is 2.60. The molecule has 0 bridgehead atoms. The topological polar surface area (TPSA) is 50.3 Å². The van der Waals surface area contributed by atoms with Gasteiger partial charge in [0.1, 0.15) is 12.1 Å². The van der Waals surface area contributed by atoms with Gasteiger partial charge in [0.15, 0.2) is 0 Å². The van der Waals surface area contributed by atoms with Gasteiger partial charge in [0, 0.05) is 50.0 Å². The summed E-state index contributed by atoms with van der Waals surface area (Å²) in [5, 5.41) is 3.28. The molecule has 1 aromatic heterocycles. The van der Waals surface area contributed by atoms with Crippen LogP contribution < -0.4 is 10.2 Å². The first-order chi connectivity index (χ1) is 8.86. The normalized spacial score (nSPS) is 21.9. The van der Waals surface area contributed by atoms with Gasteiger partial charge in [-0.05, 0) is 19.9 Å². The molecule has 1 N–H and O–H groups in total. The van der Waals surface area contributed by atoms with E-state index >= 15 is 0 Å². The molecule has 18 heavy (non-hydrogen) atoms. The van der Waals surface area contributed by atoms with Crippen LogP contribution >= 0.6 is 0 Å². The van der Waals surface area contributed by atoms with Crippen LogP contribution in [-0.2, 0) is 4.74 Å². The van der Waals surface area contributed by atoms with Crippen LogP contribution in [0.15, 0.2) is 12.4 Å². The Morgan fingerprint density at radius 2 is 2.06 bits per heavy atom. The second-order valence-electron chi connectivity index (χ2n) is 5.08. The van der Waals surface area contributed by atoms with Gasteiger partial charge in [0.05, 0.1) is 0 Å². The Hall–Kier alpha value is -1.20. The Balaban J connectivity index is 1.69. The molecule has 0 atom stereocenters. The lowest BCUT2D eigenvalue weighted by Gasteiger charge is -2.40. The van der Waals surface area contributed by atoms with E-state index in [1.807, 2.05) is 7.05 Å². The highest BCUT2D eigenvalue weighted by Crippen LogP contribution is 2.27. The Morgan fingerprint density at radius 3 is 2.78 bits per heavy atom. The van der Waals surface area contributed by atoms with Crippen LogP contribution in [0.4, 0.5) is 5.82 Å². The molecule has 2 fully saturated rings. The fourth-order valence-corrected chi connectivity index (χ4v) is 2.60. The molecule has 3 rings (SSSR count). The third-order valence-electron chi connectivity index (χ3n) is 3.93. The monoisotopic (exact) mass is 248 g/mol. The molecular weight excluding hydrogens is 228 g/mol. The maximum Gasteiger partial charge on any atom is 0.132 e. The summed E-state index contributed by atoms with van der Waals surface area (Å²) in [4.78, 5) is 11.1. The van der Waals surface area contributed by atoms with E-state index in [1.165, 1.54) is 5.69 Å². The number of likely N-dealkylation sites (N-methyl/N-ethyl adjacent to an activating group) is 1. The minimum absolute atomic E-state index is 0.543. The van der Waals surface area contributed by atoms with E-state index in [4.69, 9.17) is 4.74 Å².